The van der Waals surface area contributed by atoms with Crippen molar-refractivity contribution in [2.45, 2.75) is 50.4 Å². The lowest BCUT2D eigenvalue weighted by Crippen LogP contribution is -2.40. The zero-order chi connectivity index (χ0) is 18.1. The molecule has 138 valence electrons. The maximum absolute atomic E-state index is 12.1. The maximum atomic E-state index is 12.1. The summed E-state index contributed by atoms with van der Waals surface area (Å²) in [6.07, 6.45) is 6.27. The van der Waals surface area contributed by atoms with Gasteiger partial charge in [-0.1, -0.05) is 6.42 Å². The number of benzene rings is 1. The van der Waals surface area contributed by atoms with E-state index < -0.39 is 27.6 Å². The number of amides is 1. The lowest BCUT2D eigenvalue weighted by Gasteiger charge is -2.31. The van der Waals surface area contributed by atoms with Gasteiger partial charge in [0.2, 0.25) is 5.91 Å². The Balaban J connectivity index is 1.62. The van der Waals surface area contributed by atoms with Gasteiger partial charge in [0.05, 0.1) is 11.8 Å². The highest BCUT2D eigenvalue weighted by atomic mass is 32.2. The average Bonchev–Trinajstić information content (AvgIpc) is 2.89. The van der Waals surface area contributed by atoms with E-state index in [1.54, 1.807) is 18.2 Å². The summed E-state index contributed by atoms with van der Waals surface area (Å²) in [7, 11) is -3.15. The second-order valence-corrected chi connectivity index (χ2v) is 9.11. The van der Waals surface area contributed by atoms with Gasteiger partial charge >= 0.3 is 0 Å². The first kappa shape index (κ1) is 18.0. The first-order valence-electron chi connectivity index (χ1n) is 8.53. The number of sulfone groups is 1. The molecule has 1 amide bonds. The van der Waals surface area contributed by atoms with E-state index >= 15 is 0 Å². The largest absolute Gasteiger partial charge is 0.448 e. The molecule has 2 aliphatic rings. The van der Waals surface area contributed by atoms with Crippen molar-refractivity contribution in [1.29, 1.82) is 0 Å². The van der Waals surface area contributed by atoms with Crippen molar-refractivity contribution in [3.05, 3.63) is 18.2 Å². The summed E-state index contributed by atoms with van der Waals surface area (Å²) in [5.41, 5.74) is 6.32. The Morgan fingerprint density at radius 3 is 2.60 bits per heavy atom. The number of nitrogens with one attached hydrogen (secondary N) is 1. The third-order valence-electron chi connectivity index (χ3n) is 4.55. The highest BCUT2D eigenvalue weighted by Crippen LogP contribution is 2.46. The topological polar surface area (TPSA) is 108 Å². The summed E-state index contributed by atoms with van der Waals surface area (Å²) in [5, 5.41) is 2.70. The molecule has 1 aliphatic carbocycles. The number of hydrogen-bond acceptors (Lipinski definition) is 6. The summed E-state index contributed by atoms with van der Waals surface area (Å²) >= 11 is 0. The van der Waals surface area contributed by atoms with Crippen LogP contribution in [0.15, 0.2) is 18.2 Å². The molecule has 1 aliphatic heterocycles. The summed E-state index contributed by atoms with van der Waals surface area (Å²) < 4.78 is 34.4. The number of rotatable bonds is 5. The molecule has 0 saturated heterocycles. The van der Waals surface area contributed by atoms with E-state index in [1.807, 2.05) is 0 Å². The smallest absolute Gasteiger partial charge is 0.251 e. The fraction of sp³-hybridized carbons (Fsp3) is 0.588. The second kappa shape index (κ2) is 6.84. The molecule has 1 fully saturated rings. The van der Waals surface area contributed by atoms with Gasteiger partial charge in [0.1, 0.15) is 9.84 Å². The Morgan fingerprint density at radius 2 is 1.92 bits per heavy atom. The lowest BCUT2D eigenvalue weighted by atomic mass is 9.94. The van der Waals surface area contributed by atoms with Crippen molar-refractivity contribution < 1.29 is 22.7 Å². The quantitative estimate of drug-likeness (QED) is 0.821. The van der Waals surface area contributed by atoms with Crippen molar-refractivity contribution in [3.8, 4) is 11.5 Å². The van der Waals surface area contributed by atoms with Gasteiger partial charge in [0.15, 0.2) is 11.5 Å². The van der Waals surface area contributed by atoms with Crippen LogP contribution in [-0.4, -0.2) is 38.2 Å². The molecule has 1 heterocycles. The number of carbonyl (C=O) groups is 1. The van der Waals surface area contributed by atoms with E-state index in [1.165, 1.54) is 6.42 Å². The van der Waals surface area contributed by atoms with Crippen molar-refractivity contribution >= 4 is 21.4 Å². The Kier molecular flexibility index (Phi) is 4.92. The van der Waals surface area contributed by atoms with E-state index in [0.29, 0.717) is 17.2 Å². The summed E-state index contributed by atoms with van der Waals surface area (Å²) in [5.74, 6) is 0.195. The van der Waals surface area contributed by atoms with Crippen molar-refractivity contribution in [1.82, 2.24) is 0 Å². The van der Waals surface area contributed by atoms with Crippen LogP contribution in [0.2, 0.25) is 0 Å². The van der Waals surface area contributed by atoms with Gasteiger partial charge in [-0.25, -0.2) is 8.42 Å². The Bertz CT molecular complexity index is 756. The number of carbonyl (C=O) groups excluding carboxylic acids is 1. The molecule has 0 aromatic heterocycles. The minimum atomic E-state index is -3.15. The minimum Gasteiger partial charge on any atom is -0.448 e. The van der Waals surface area contributed by atoms with E-state index in [4.69, 9.17) is 15.2 Å². The van der Waals surface area contributed by atoms with E-state index in [2.05, 4.69) is 5.32 Å². The average molecular weight is 368 g/mol. The molecule has 3 rings (SSSR count). The zero-order valence-corrected chi connectivity index (χ0v) is 15.1. The van der Waals surface area contributed by atoms with E-state index in [-0.39, 0.29) is 12.2 Å². The van der Waals surface area contributed by atoms with Crippen LogP contribution in [0.5, 0.6) is 11.5 Å². The van der Waals surface area contributed by atoms with Crippen LogP contribution in [-0.2, 0) is 14.6 Å². The van der Waals surface area contributed by atoms with Gasteiger partial charge in [-0.3, -0.25) is 4.79 Å². The first-order valence-corrected chi connectivity index (χ1v) is 10.6. The molecule has 1 aromatic carbocycles. The van der Waals surface area contributed by atoms with Crippen LogP contribution in [0.25, 0.3) is 0 Å². The third-order valence-corrected chi connectivity index (χ3v) is 5.53. The Hall–Kier alpha value is -1.80. The van der Waals surface area contributed by atoms with Crippen LogP contribution in [0.4, 0.5) is 5.69 Å². The zero-order valence-electron chi connectivity index (χ0n) is 14.3. The predicted octanol–water partition coefficient (Wildman–Crippen LogP) is 1.82. The van der Waals surface area contributed by atoms with Crippen molar-refractivity contribution in [2.75, 3.05) is 17.3 Å². The molecule has 1 aromatic rings. The van der Waals surface area contributed by atoms with Gasteiger partial charge in [0, 0.05) is 30.9 Å². The maximum Gasteiger partial charge on any atom is 0.251 e. The molecular weight excluding hydrogens is 344 g/mol. The van der Waals surface area contributed by atoms with Crippen LogP contribution < -0.4 is 20.5 Å². The highest BCUT2D eigenvalue weighted by Gasteiger charge is 2.42. The standard InChI is InChI=1S/C17H24N2O5S/c1-25(21,22)10-7-13(18)16(20)19-12-5-6-14-15(11-12)24-17(23-14)8-3-2-4-9-17/h5-6,11,13H,2-4,7-10,18H2,1H3,(H,19,20). The number of fused-ring (bicyclic) bond motifs is 1. The van der Waals surface area contributed by atoms with E-state index in [9.17, 15) is 13.2 Å². The number of hydrogen-bond donors (Lipinski definition) is 2. The molecule has 0 bridgehead atoms. The Morgan fingerprint density at radius 1 is 1.24 bits per heavy atom. The van der Waals surface area contributed by atoms with Gasteiger partial charge < -0.3 is 20.5 Å². The summed E-state index contributed by atoms with van der Waals surface area (Å²) in [6.45, 7) is 0. The molecule has 8 heteroatoms. The predicted molar refractivity (Wildman–Crippen MR) is 94.4 cm³/mol. The molecule has 1 spiro atoms. The second-order valence-electron chi connectivity index (χ2n) is 6.85. The fourth-order valence-corrected chi connectivity index (χ4v) is 3.86. The third kappa shape index (κ3) is 4.43. The molecule has 7 nitrogen and oxygen atoms in total. The number of nitrogens with two attached hydrogens (primary N) is 1. The number of ether oxygens (including phenoxy) is 2. The molecule has 1 unspecified atom stereocenters. The lowest BCUT2D eigenvalue weighted by molar-refractivity contribution is -0.117. The molecule has 1 atom stereocenters. The first-order chi connectivity index (χ1) is 11.8. The highest BCUT2D eigenvalue weighted by molar-refractivity contribution is 7.90. The van der Waals surface area contributed by atoms with Gasteiger partial charge in [-0.15, -0.1) is 0 Å². The van der Waals surface area contributed by atoms with Gasteiger partial charge in [-0.2, -0.15) is 0 Å². The molecule has 3 N–H and O–H groups in total. The normalized spacial score (nSPS) is 19.6. The monoisotopic (exact) mass is 368 g/mol. The van der Waals surface area contributed by atoms with Crippen LogP contribution in [0.1, 0.15) is 38.5 Å². The van der Waals surface area contributed by atoms with E-state index in [0.717, 1.165) is 31.9 Å². The minimum absolute atomic E-state index is 0.0817. The SMILES string of the molecule is CS(=O)(=O)CCC(N)C(=O)Nc1ccc2c(c1)OC1(CCCCC1)O2. The fourth-order valence-electron chi connectivity index (χ4n) is 3.17. The van der Waals surface area contributed by atoms with Crippen LogP contribution >= 0.6 is 0 Å². The number of anilines is 1. The Labute approximate surface area is 147 Å². The van der Waals surface area contributed by atoms with Gasteiger partial charge in [-0.05, 0) is 31.4 Å². The molecule has 1 saturated carbocycles. The molecule has 0 radical (unpaired) electrons. The summed E-state index contributed by atoms with van der Waals surface area (Å²) in [6, 6.07) is 4.34. The molecule has 25 heavy (non-hydrogen) atoms. The van der Waals surface area contributed by atoms with Crippen molar-refractivity contribution in [2.24, 2.45) is 5.73 Å². The van der Waals surface area contributed by atoms with Crippen molar-refractivity contribution in [3.63, 3.8) is 0 Å². The van der Waals surface area contributed by atoms with Gasteiger partial charge in [0.25, 0.3) is 5.79 Å². The van der Waals surface area contributed by atoms with Crippen LogP contribution in [0.3, 0.4) is 0 Å². The van der Waals surface area contributed by atoms with Crippen LogP contribution in [0, 0.1) is 0 Å². The molecular formula is C17H24N2O5S. The summed E-state index contributed by atoms with van der Waals surface area (Å²) in [4.78, 5) is 12.1.